The van der Waals surface area contributed by atoms with Crippen molar-refractivity contribution >= 4 is 5.97 Å². The van der Waals surface area contributed by atoms with Crippen LogP contribution in [0.4, 0.5) is 0 Å². The molecule has 0 saturated carbocycles. The number of carboxylic acid groups (broad SMARTS) is 1. The average molecular weight is 209 g/mol. The van der Waals surface area contributed by atoms with Gasteiger partial charge in [-0.2, -0.15) is 0 Å². The second-order valence-corrected chi connectivity index (χ2v) is 3.73. The standard InChI is InChI=1S/C11H15NO3/c1-6-3-7(2)5-8(4-6)10(13)9(12)11(14)15/h3-5,9-10,13H,12H2,1-2H3,(H,14,15). The summed E-state index contributed by atoms with van der Waals surface area (Å²) in [4.78, 5) is 10.6. The van der Waals surface area contributed by atoms with Crippen LogP contribution in [0.25, 0.3) is 0 Å². The quantitative estimate of drug-likeness (QED) is 0.686. The number of aliphatic hydroxyl groups excluding tert-OH is 1. The van der Waals surface area contributed by atoms with Gasteiger partial charge in [0.05, 0.1) is 0 Å². The highest BCUT2D eigenvalue weighted by Crippen LogP contribution is 2.19. The molecule has 4 N–H and O–H groups in total. The summed E-state index contributed by atoms with van der Waals surface area (Å²) in [5, 5.41) is 18.4. The third-order valence-electron chi connectivity index (χ3n) is 2.21. The van der Waals surface area contributed by atoms with Gasteiger partial charge in [0, 0.05) is 0 Å². The number of rotatable bonds is 3. The number of hydrogen-bond acceptors (Lipinski definition) is 3. The minimum Gasteiger partial charge on any atom is -0.480 e. The summed E-state index contributed by atoms with van der Waals surface area (Å²) >= 11 is 0. The van der Waals surface area contributed by atoms with Gasteiger partial charge in [-0.1, -0.05) is 29.3 Å². The molecule has 0 spiro atoms. The van der Waals surface area contributed by atoms with Crippen molar-refractivity contribution in [3.8, 4) is 0 Å². The summed E-state index contributed by atoms with van der Waals surface area (Å²) in [5.41, 5.74) is 7.83. The summed E-state index contributed by atoms with van der Waals surface area (Å²) in [6.45, 7) is 3.77. The van der Waals surface area contributed by atoms with Gasteiger partial charge in [0.25, 0.3) is 0 Å². The fourth-order valence-corrected chi connectivity index (χ4v) is 1.52. The van der Waals surface area contributed by atoms with E-state index in [9.17, 15) is 9.90 Å². The van der Waals surface area contributed by atoms with Crippen molar-refractivity contribution < 1.29 is 15.0 Å². The lowest BCUT2D eigenvalue weighted by molar-refractivity contribution is -0.141. The van der Waals surface area contributed by atoms with Crippen LogP contribution in [0.3, 0.4) is 0 Å². The highest BCUT2D eigenvalue weighted by Gasteiger charge is 2.23. The lowest BCUT2D eigenvalue weighted by Gasteiger charge is -2.16. The number of hydrogen-bond donors (Lipinski definition) is 3. The molecule has 0 heterocycles. The molecule has 0 radical (unpaired) electrons. The fourth-order valence-electron chi connectivity index (χ4n) is 1.52. The number of aliphatic hydroxyl groups is 1. The molecule has 82 valence electrons. The molecule has 0 aliphatic carbocycles. The largest absolute Gasteiger partial charge is 0.480 e. The second-order valence-electron chi connectivity index (χ2n) is 3.73. The van der Waals surface area contributed by atoms with Crippen molar-refractivity contribution in [3.05, 3.63) is 34.9 Å². The van der Waals surface area contributed by atoms with Crippen LogP contribution in [0.15, 0.2) is 18.2 Å². The Kier molecular flexibility index (Phi) is 3.44. The summed E-state index contributed by atoms with van der Waals surface area (Å²) in [5.74, 6) is -1.21. The van der Waals surface area contributed by atoms with Crippen molar-refractivity contribution in [2.45, 2.75) is 26.0 Å². The summed E-state index contributed by atoms with van der Waals surface area (Å²) in [6, 6.07) is 4.13. The zero-order valence-corrected chi connectivity index (χ0v) is 8.77. The molecule has 0 aliphatic rings. The van der Waals surface area contributed by atoms with E-state index in [0.29, 0.717) is 5.56 Å². The molecule has 1 rings (SSSR count). The summed E-state index contributed by atoms with van der Waals surface area (Å²) < 4.78 is 0. The molecule has 0 amide bonds. The third-order valence-corrected chi connectivity index (χ3v) is 2.21. The van der Waals surface area contributed by atoms with Gasteiger partial charge in [-0.05, 0) is 19.4 Å². The van der Waals surface area contributed by atoms with E-state index in [0.717, 1.165) is 11.1 Å². The number of carboxylic acids is 1. The Hall–Kier alpha value is -1.39. The van der Waals surface area contributed by atoms with Crippen LogP contribution in [-0.4, -0.2) is 22.2 Å². The molecule has 0 saturated heterocycles. The van der Waals surface area contributed by atoms with Gasteiger partial charge in [0.2, 0.25) is 0 Å². The van der Waals surface area contributed by atoms with E-state index >= 15 is 0 Å². The van der Waals surface area contributed by atoms with Gasteiger partial charge >= 0.3 is 5.97 Å². The van der Waals surface area contributed by atoms with Gasteiger partial charge in [-0.15, -0.1) is 0 Å². The molecule has 1 aromatic carbocycles. The maximum Gasteiger partial charge on any atom is 0.323 e. The van der Waals surface area contributed by atoms with E-state index in [1.165, 1.54) is 0 Å². The van der Waals surface area contributed by atoms with Crippen molar-refractivity contribution in [3.63, 3.8) is 0 Å². The van der Waals surface area contributed by atoms with Gasteiger partial charge in [0.1, 0.15) is 12.1 Å². The minimum atomic E-state index is -1.29. The van der Waals surface area contributed by atoms with E-state index in [1.54, 1.807) is 12.1 Å². The number of carbonyl (C=O) groups is 1. The third kappa shape index (κ3) is 2.78. The molecule has 0 aromatic heterocycles. The van der Waals surface area contributed by atoms with Gasteiger partial charge < -0.3 is 15.9 Å². The molecular formula is C11H15NO3. The lowest BCUT2D eigenvalue weighted by Crippen LogP contribution is -2.36. The summed E-state index contributed by atoms with van der Waals surface area (Å²) in [6.07, 6.45) is -1.17. The number of aryl methyl sites for hydroxylation is 2. The first-order valence-corrected chi connectivity index (χ1v) is 4.66. The van der Waals surface area contributed by atoms with E-state index < -0.39 is 18.1 Å². The molecule has 0 fully saturated rings. The van der Waals surface area contributed by atoms with E-state index in [4.69, 9.17) is 10.8 Å². The fraction of sp³-hybridized carbons (Fsp3) is 0.364. The van der Waals surface area contributed by atoms with Gasteiger partial charge in [-0.25, -0.2) is 0 Å². The van der Waals surface area contributed by atoms with Crippen LogP contribution in [0.5, 0.6) is 0 Å². The molecule has 2 atom stereocenters. The Morgan fingerprint density at radius 2 is 1.73 bits per heavy atom. The van der Waals surface area contributed by atoms with Crippen LogP contribution in [0, 0.1) is 13.8 Å². The van der Waals surface area contributed by atoms with E-state index in [2.05, 4.69) is 0 Å². The van der Waals surface area contributed by atoms with Crippen molar-refractivity contribution in [1.82, 2.24) is 0 Å². The maximum atomic E-state index is 10.6. The topological polar surface area (TPSA) is 83.5 Å². The zero-order valence-electron chi connectivity index (χ0n) is 8.77. The number of benzene rings is 1. The normalized spacial score (nSPS) is 14.7. The Labute approximate surface area is 88.3 Å². The molecule has 4 heteroatoms. The molecular weight excluding hydrogens is 194 g/mol. The second kappa shape index (κ2) is 4.42. The Morgan fingerprint density at radius 1 is 1.27 bits per heavy atom. The van der Waals surface area contributed by atoms with Crippen LogP contribution >= 0.6 is 0 Å². The molecule has 4 nitrogen and oxygen atoms in total. The molecule has 15 heavy (non-hydrogen) atoms. The predicted molar refractivity (Wildman–Crippen MR) is 56.5 cm³/mol. The molecule has 0 aliphatic heterocycles. The molecule has 0 bridgehead atoms. The summed E-state index contributed by atoms with van der Waals surface area (Å²) in [7, 11) is 0. The Bertz CT molecular complexity index is 356. The van der Waals surface area contributed by atoms with Crippen LogP contribution in [0.2, 0.25) is 0 Å². The monoisotopic (exact) mass is 209 g/mol. The zero-order chi connectivity index (χ0) is 11.6. The smallest absolute Gasteiger partial charge is 0.323 e. The predicted octanol–water partition coefficient (Wildman–Crippen LogP) is 0.749. The number of nitrogens with two attached hydrogens (primary N) is 1. The molecule has 2 unspecified atom stereocenters. The van der Waals surface area contributed by atoms with Crippen molar-refractivity contribution in [1.29, 1.82) is 0 Å². The van der Waals surface area contributed by atoms with E-state index in [-0.39, 0.29) is 0 Å². The first-order valence-electron chi connectivity index (χ1n) is 4.66. The average Bonchev–Trinajstić information content (AvgIpc) is 2.13. The maximum absolute atomic E-state index is 10.6. The Morgan fingerprint density at radius 3 is 2.13 bits per heavy atom. The number of aliphatic carboxylic acids is 1. The van der Waals surface area contributed by atoms with Gasteiger partial charge in [-0.3, -0.25) is 4.79 Å². The highest BCUT2D eigenvalue weighted by molar-refractivity contribution is 5.74. The lowest BCUT2D eigenvalue weighted by atomic mass is 9.99. The van der Waals surface area contributed by atoms with E-state index in [1.807, 2.05) is 19.9 Å². The van der Waals surface area contributed by atoms with Crippen LogP contribution in [0.1, 0.15) is 22.8 Å². The minimum absolute atomic E-state index is 0.544. The Balaban J connectivity index is 3.00. The first kappa shape index (κ1) is 11.7. The highest BCUT2D eigenvalue weighted by atomic mass is 16.4. The van der Waals surface area contributed by atoms with Crippen LogP contribution in [-0.2, 0) is 4.79 Å². The SMILES string of the molecule is Cc1cc(C)cc(C(O)C(N)C(=O)O)c1. The van der Waals surface area contributed by atoms with Crippen molar-refractivity contribution in [2.24, 2.45) is 5.73 Å². The van der Waals surface area contributed by atoms with Crippen LogP contribution < -0.4 is 5.73 Å². The van der Waals surface area contributed by atoms with Crippen molar-refractivity contribution in [2.75, 3.05) is 0 Å². The first-order chi connectivity index (χ1) is 6.91. The van der Waals surface area contributed by atoms with Gasteiger partial charge in [0.15, 0.2) is 0 Å². The molecule has 1 aromatic rings.